The van der Waals surface area contributed by atoms with Crippen LogP contribution in [0.15, 0.2) is 218 Å². The van der Waals surface area contributed by atoms with E-state index in [1.54, 1.807) is 26.8 Å². The monoisotopic (exact) mass is 1120 g/mol. The molecule has 3 aliphatic carbocycles. The van der Waals surface area contributed by atoms with Crippen LogP contribution in [0.5, 0.6) is 0 Å². The Hall–Kier alpha value is -10.2. The van der Waals surface area contributed by atoms with E-state index in [4.69, 9.17) is 29.6 Å². The minimum absolute atomic E-state index is 0.245. The number of carbonyl (C=O) groups is 4. The van der Waals surface area contributed by atoms with Gasteiger partial charge in [0.05, 0.1) is 13.2 Å². The van der Waals surface area contributed by atoms with Gasteiger partial charge in [0.15, 0.2) is 23.9 Å². The number of hydrogen-bond acceptors (Lipinski definition) is 11. The summed E-state index contributed by atoms with van der Waals surface area (Å²) in [5.74, 6) is -1.36. The summed E-state index contributed by atoms with van der Waals surface area (Å²) in [6.07, 6.45) is 0. The lowest BCUT2D eigenvalue weighted by molar-refractivity contribution is -0.445. The Morgan fingerprint density at radius 2 is 0.619 bits per heavy atom. The largest absolute Gasteiger partial charge is 0.469 e. The third-order valence-electron chi connectivity index (χ3n) is 14.7. The molecule has 12 rings (SSSR count). The maximum absolute atomic E-state index is 12.3. The molecule has 3 atom stereocenters. The molecule has 0 N–H and O–H groups in total. The Labute approximate surface area is 490 Å². The van der Waals surface area contributed by atoms with Crippen molar-refractivity contribution in [3.05, 3.63) is 262 Å². The number of benzene rings is 9. The number of ether oxygens (including phenoxy) is 4. The standard InChI is InChI=1S/3C22H18O2.C3H6O2.C2H3N.CH3NO2/c3*1-14(2)21(23)24-22(3)18-12-5-4-10-16(18)17-11-6-8-15-9-7-13-19(22)20(15)17;1-3(4)5-2;1-2-3;1-2(3)4/h3*4-13H,1H2,2-3H3;1-2H3;1H3;1H3. The van der Waals surface area contributed by atoms with E-state index in [1.165, 1.54) is 37.6 Å². The molecule has 9 aromatic carbocycles. The van der Waals surface area contributed by atoms with Crippen LogP contribution < -0.4 is 0 Å². The molecule has 0 bridgehead atoms. The predicted molar refractivity (Wildman–Crippen MR) is 332 cm³/mol. The lowest BCUT2D eigenvalue weighted by atomic mass is 9.74. The summed E-state index contributed by atoms with van der Waals surface area (Å²) in [7, 11) is 2.24. The van der Waals surface area contributed by atoms with Gasteiger partial charge in [-0.25, -0.2) is 14.4 Å². The summed E-state index contributed by atoms with van der Waals surface area (Å²) in [5.41, 5.74) is 11.7. The minimum Gasteiger partial charge on any atom is -0.469 e. The van der Waals surface area contributed by atoms with Crippen molar-refractivity contribution in [1.82, 2.24) is 0 Å². The third-order valence-corrected chi connectivity index (χ3v) is 14.7. The van der Waals surface area contributed by atoms with Gasteiger partial charge in [-0.2, -0.15) is 5.26 Å². The number of methoxy groups -OCH3 is 1. The molecule has 0 fully saturated rings. The molecule has 0 aromatic heterocycles. The summed E-state index contributed by atoms with van der Waals surface area (Å²) in [5, 5.41) is 23.0. The highest BCUT2D eigenvalue weighted by atomic mass is 16.6. The Morgan fingerprint density at radius 3 is 0.833 bits per heavy atom. The maximum atomic E-state index is 12.3. The molecule has 3 unspecified atom stereocenters. The first-order valence-electron chi connectivity index (χ1n) is 26.9. The normalized spacial score (nSPS) is 16.3. The van der Waals surface area contributed by atoms with E-state index in [0.717, 1.165) is 89.4 Å². The van der Waals surface area contributed by atoms with Crippen LogP contribution >= 0.6 is 0 Å². The van der Waals surface area contributed by atoms with Gasteiger partial charge in [-0.1, -0.05) is 202 Å². The minimum atomic E-state index is -0.833. The number of nitrogens with zero attached hydrogens (tertiary/aromatic N) is 2. The van der Waals surface area contributed by atoms with Crippen LogP contribution in [-0.4, -0.2) is 43.0 Å². The van der Waals surface area contributed by atoms with Crippen LogP contribution in [0.1, 0.15) is 88.8 Å². The zero-order valence-corrected chi connectivity index (χ0v) is 48.9. The van der Waals surface area contributed by atoms with Crippen molar-refractivity contribution in [1.29, 1.82) is 5.26 Å². The second-order valence-corrected chi connectivity index (χ2v) is 20.7. The predicted octanol–water partition coefficient (Wildman–Crippen LogP) is 16.2. The average molecular weight is 1120 g/mol. The molecule has 0 saturated heterocycles. The van der Waals surface area contributed by atoms with Gasteiger partial charge in [-0.3, -0.25) is 14.9 Å². The summed E-state index contributed by atoms with van der Waals surface area (Å²) in [6, 6.07) is 63.5. The molecule has 0 radical (unpaired) electrons. The first-order valence-corrected chi connectivity index (χ1v) is 26.9. The fourth-order valence-electron chi connectivity index (χ4n) is 10.9. The molecule has 12 nitrogen and oxygen atoms in total. The molecule has 0 amide bonds. The highest BCUT2D eigenvalue weighted by Gasteiger charge is 2.43. The zero-order valence-electron chi connectivity index (χ0n) is 48.9. The first kappa shape index (κ1) is 61.4. The number of rotatable bonds is 6. The average Bonchev–Trinajstić information content (AvgIpc) is 0.933. The van der Waals surface area contributed by atoms with E-state index in [9.17, 15) is 19.2 Å². The highest BCUT2D eigenvalue weighted by Crippen LogP contribution is 2.52. The molecule has 84 heavy (non-hydrogen) atoms. The third kappa shape index (κ3) is 12.2. The lowest BCUT2D eigenvalue weighted by Gasteiger charge is -2.37. The van der Waals surface area contributed by atoms with Gasteiger partial charge >= 0.3 is 23.9 Å². The van der Waals surface area contributed by atoms with Crippen LogP contribution in [0.3, 0.4) is 0 Å². The van der Waals surface area contributed by atoms with E-state index >= 15 is 0 Å². The van der Waals surface area contributed by atoms with Crippen LogP contribution in [-0.2, 0) is 54.9 Å². The lowest BCUT2D eigenvalue weighted by Crippen LogP contribution is -2.33. The summed E-state index contributed by atoms with van der Waals surface area (Å²) in [6.45, 7) is 24.9. The van der Waals surface area contributed by atoms with Gasteiger partial charge in [-0.05, 0) is 107 Å². The van der Waals surface area contributed by atoms with E-state index in [0.29, 0.717) is 16.7 Å². The van der Waals surface area contributed by atoms with Gasteiger partial charge in [-0.15, -0.1) is 0 Å². The van der Waals surface area contributed by atoms with E-state index in [1.807, 2.05) is 112 Å². The van der Waals surface area contributed by atoms with Crippen molar-refractivity contribution in [3.63, 3.8) is 0 Å². The molecule has 424 valence electrons. The SMILES string of the molecule is C=C(C)C(=O)OC1(C)c2ccccc2-c2cccc3cccc1c23.C=C(C)C(=O)OC1(C)c2ccccc2-c2cccc3cccc1c23.C=C(C)C(=O)OC1(C)c2ccccc2-c2cccc3cccc1c23.CC#N.COC(C)=O.C[N+](=O)[O-]. The number of hydrogen-bond donors (Lipinski definition) is 0. The summed E-state index contributed by atoms with van der Waals surface area (Å²) >= 11 is 0. The van der Waals surface area contributed by atoms with Gasteiger partial charge in [0.2, 0.25) is 0 Å². The Balaban J connectivity index is 0.000000165. The number of nitro groups is 1. The van der Waals surface area contributed by atoms with Crippen LogP contribution in [0, 0.1) is 21.4 Å². The van der Waals surface area contributed by atoms with Gasteiger partial charge < -0.3 is 18.9 Å². The number of nitriles is 1. The van der Waals surface area contributed by atoms with Crippen molar-refractivity contribution in [3.8, 4) is 39.4 Å². The molecule has 0 heterocycles. The molecule has 0 aliphatic heterocycles. The quantitative estimate of drug-likeness (QED) is 0.0510. The van der Waals surface area contributed by atoms with Crippen molar-refractivity contribution in [2.24, 2.45) is 0 Å². The van der Waals surface area contributed by atoms with Gasteiger partial charge in [0.25, 0.3) is 0 Å². The van der Waals surface area contributed by atoms with Crippen molar-refractivity contribution >= 4 is 56.2 Å². The molecule has 12 heteroatoms. The Bertz CT molecular complexity index is 3740. The topological polar surface area (TPSA) is 172 Å². The molecule has 3 aliphatic rings. The smallest absolute Gasteiger partial charge is 0.334 e. The second kappa shape index (κ2) is 25.7. The molecular weight excluding hydrogens is 1050 g/mol. The second-order valence-electron chi connectivity index (χ2n) is 20.7. The molecule has 0 saturated carbocycles. The first-order chi connectivity index (χ1) is 40.0. The fraction of sp³-hybridized carbons (Fsp3) is 0.181. The van der Waals surface area contributed by atoms with E-state index in [-0.39, 0.29) is 23.9 Å². The van der Waals surface area contributed by atoms with Crippen LogP contribution in [0.25, 0.3) is 65.7 Å². The van der Waals surface area contributed by atoms with Crippen molar-refractivity contribution in [2.75, 3.05) is 14.2 Å². The number of fused-ring (bicyclic) bond motifs is 6. The van der Waals surface area contributed by atoms with E-state index < -0.39 is 21.7 Å². The number of esters is 4. The molecular formula is C72H66N2O10. The molecule has 0 spiro atoms. The van der Waals surface area contributed by atoms with Crippen molar-refractivity contribution < 1.29 is 43.0 Å². The van der Waals surface area contributed by atoms with Gasteiger partial charge in [0, 0.05) is 68.9 Å². The zero-order chi connectivity index (χ0) is 61.3. The van der Waals surface area contributed by atoms with Crippen LogP contribution in [0.4, 0.5) is 0 Å². The molecule has 9 aromatic rings. The Morgan fingerprint density at radius 1 is 0.429 bits per heavy atom. The van der Waals surface area contributed by atoms with Crippen molar-refractivity contribution in [2.45, 2.75) is 72.2 Å². The maximum Gasteiger partial charge on any atom is 0.334 e. The van der Waals surface area contributed by atoms with E-state index in [2.05, 4.69) is 115 Å². The summed E-state index contributed by atoms with van der Waals surface area (Å²) < 4.78 is 22.0. The fourth-order valence-corrected chi connectivity index (χ4v) is 10.9. The number of carbonyl (C=O) groups excluding carboxylic acids is 4. The highest BCUT2D eigenvalue weighted by molar-refractivity contribution is 6.06. The van der Waals surface area contributed by atoms with Crippen LogP contribution in [0.2, 0.25) is 0 Å². The van der Waals surface area contributed by atoms with Gasteiger partial charge in [0.1, 0.15) is 0 Å². The Kier molecular flexibility index (Phi) is 18.8. The summed E-state index contributed by atoms with van der Waals surface area (Å²) in [4.78, 5) is 54.9.